The van der Waals surface area contributed by atoms with Crippen LogP contribution in [0.15, 0.2) is 0 Å². The lowest BCUT2D eigenvalue weighted by atomic mass is 10.7. The van der Waals surface area contributed by atoms with Crippen LogP contribution in [0.25, 0.3) is 0 Å². The fraction of sp³-hybridized carbons (Fsp3) is 1.00. The van der Waals surface area contributed by atoms with Crippen molar-refractivity contribution in [2.45, 2.75) is 11.4 Å². The Kier molecular flexibility index (Phi) is 3.28. The van der Waals surface area contributed by atoms with E-state index in [0.29, 0.717) is 10.8 Å². The smallest absolute Gasteiger partial charge is 0.183 e. The van der Waals surface area contributed by atoms with E-state index in [-0.39, 0.29) is 0 Å². The number of alkyl halides is 5. The molecule has 0 radical (unpaired) electrons. The van der Waals surface area contributed by atoms with Gasteiger partial charge in [-0.1, -0.05) is 10.8 Å². The van der Waals surface area contributed by atoms with Crippen LogP contribution in [0.5, 0.6) is 0 Å². The second-order valence-electron chi connectivity index (χ2n) is 1.26. The molecule has 7 heteroatoms. The molecule has 10 heavy (non-hydrogen) atoms. The third-order valence-corrected chi connectivity index (χ3v) is 2.25. The molecule has 0 aromatic heterocycles. The topological polar surface area (TPSA) is 0 Å². The van der Waals surface area contributed by atoms with E-state index < -0.39 is 22.2 Å². The molecule has 0 nitrogen and oxygen atoms in total. The zero-order valence-electron chi connectivity index (χ0n) is 4.71. The normalized spacial score (nSPS) is 13.8. The Labute approximate surface area is 61.9 Å². The maximum Gasteiger partial charge on any atom is 0.464 e. The molecule has 0 spiro atoms. The summed E-state index contributed by atoms with van der Waals surface area (Å²) in [4.78, 5) is 0. The Bertz CT molecular complexity index is 108. The summed E-state index contributed by atoms with van der Waals surface area (Å²) in [7, 11) is -0.119. The van der Waals surface area contributed by atoms with Gasteiger partial charge in [0.1, 0.15) is 0 Å². The van der Waals surface area contributed by atoms with Gasteiger partial charge in [0.25, 0.3) is 0 Å². The predicted molar refractivity (Wildman–Crippen MR) is 32.1 cm³/mol. The van der Waals surface area contributed by atoms with Gasteiger partial charge in [-0.05, 0) is 17.0 Å². The monoisotopic (exact) mass is 198 g/mol. The molecule has 0 aliphatic carbocycles. The van der Waals surface area contributed by atoms with Gasteiger partial charge in [0.2, 0.25) is 0 Å². The first-order valence-electron chi connectivity index (χ1n) is 1.97. The van der Waals surface area contributed by atoms with Crippen molar-refractivity contribution in [1.29, 1.82) is 0 Å². The first-order chi connectivity index (χ1) is 4.31. The van der Waals surface area contributed by atoms with Gasteiger partial charge in [-0.3, -0.25) is 0 Å². The van der Waals surface area contributed by atoms with Crippen LogP contribution in [0, 0.1) is 0 Å². The van der Waals surface area contributed by atoms with Gasteiger partial charge in [-0.25, -0.2) is 0 Å². The van der Waals surface area contributed by atoms with Gasteiger partial charge in [0.15, 0.2) is 0 Å². The van der Waals surface area contributed by atoms with Crippen molar-refractivity contribution in [2.24, 2.45) is 0 Å². The molecule has 0 atom stereocenters. The molecule has 0 amide bonds. The number of hydrogen-bond acceptors (Lipinski definition) is 2. The average Bonchev–Trinajstić information content (AvgIpc) is 1.61. The summed E-state index contributed by atoms with van der Waals surface area (Å²) < 4.78 is 57.2. The molecule has 0 fully saturated rings. The van der Waals surface area contributed by atoms with Crippen molar-refractivity contribution < 1.29 is 22.0 Å². The largest absolute Gasteiger partial charge is 0.464 e. The lowest BCUT2D eigenvalue weighted by molar-refractivity contribution is -0.237. The van der Waals surface area contributed by atoms with E-state index in [1.807, 2.05) is 0 Å². The van der Waals surface area contributed by atoms with Crippen molar-refractivity contribution in [1.82, 2.24) is 0 Å². The van der Waals surface area contributed by atoms with Gasteiger partial charge in [-0.2, -0.15) is 22.0 Å². The van der Waals surface area contributed by atoms with Crippen LogP contribution in [-0.2, 0) is 0 Å². The summed E-state index contributed by atoms with van der Waals surface area (Å²) in [5.74, 6) is 0. The van der Waals surface area contributed by atoms with Crippen LogP contribution >= 0.6 is 21.6 Å². The maximum absolute atomic E-state index is 11.7. The standard InChI is InChI=1S/C3H3F5S2/c1-9-10-3(7,8)2(4,5)6/h1H3. The van der Waals surface area contributed by atoms with Crippen LogP contribution in [0.1, 0.15) is 0 Å². The van der Waals surface area contributed by atoms with Gasteiger partial charge in [-0.15, -0.1) is 0 Å². The van der Waals surface area contributed by atoms with Crippen molar-refractivity contribution in [3.05, 3.63) is 0 Å². The van der Waals surface area contributed by atoms with Gasteiger partial charge < -0.3 is 0 Å². The third kappa shape index (κ3) is 2.53. The quantitative estimate of drug-likeness (QED) is 0.493. The zero-order chi connectivity index (χ0) is 8.41. The molecule has 0 N–H and O–H groups in total. The van der Waals surface area contributed by atoms with E-state index in [9.17, 15) is 22.0 Å². The van der Waals surface area contributed by atoms with E-state index in [2.05, 4.69) is 0 Å². The van der Waals surface area contributed by atoms with Crippen molar-refractivity contribution >= 4 is 21.6 Å². The van der Waals surface area contributed by atoms with E-state index >= 15 is 0 Å². The summed E-state index contributed by atoms with van der Waals surface area (Å²) in [5.41, 5.74) is 0. The lowest BCUT2D eigenvalue weighted by Crippen LogP contribution is -2.31. The minimum atomic E-state index is -5.44. The molecular weight excluding hydrogens is 195 g/mol. The number of hydrogen-bond donors (Lipinski definition) is 0. The molecular formula is C3H3F5S2. The first kappa shape index (κ1) is 10.3. The molecule has 0 aromatic rings. The van der Waals surface area contributed by atoms with Crippen molar-refractivity contribution in [3.8, 4) is 0 Å². The van der Waals surface area contributed by atoms with Crippen LogP contribution in [0.2, 0.25) is 0 Å². The summed E-state index contributed by atoms with van der Waals surface area (Å²) in [6.45, 7) is 0. The van der Waals surface area contributed by atoms with Crippen LogP contribution in [-0.4, -0.2) is 17.7 Å². The number of halogens is 5. The minimum Gasteiger partial charge on any atom is -0.183 e. The third-order valence-electron chi connectivity index (χ3n) is 0.518. The average molecular weight is 198 g/mol. The van der Waals surface area contributed by atoms with Gasteiger partial charge >= 0.3 is 11.4 Å². The summed E-state index contributed by atoms with van der Waals surface area (Å²) in [6, 6.07) is 0. The van der Waals surface area contributed by atoms with Crippen LogP contribution in [0.3, 0.4) is 0 Å². The minimum absolute atomic E-state index is 0.382. The molecule has 0 saturated carbocycles. The predicted octanol–water partition coefficient (Wildman–Crippen LogP) is 3.15. The Balaban J connectivity index is 4.10. The highest BCUT2D eigenvalue weighted by Gasteiger charge is 2.58. The second kappa shape index (κ2) is 3.17. The summed E-state index contributed by atoms with van der Waals surface area (Å²) in [5, 5.41) is -4.63. The lowest BCUT2D eigenvalue weighted by Gasteiger charge is -2.16. The first-order valence-corrected chi connectivity index (χ1v) is 4.53. The molecule has 0 rings (SSSR count). The molecule has 0 aromatic carbocycles. The fourth-order valence-corrected chi connectivity index (χ4v) is 1.37. The van der Waals surface area contributed by atoms with Crippen molar-refractivity contribution in [2.75, 3.05) is 6.26 Å². The molecule has 62 valence electrons. The Hall–Kier alpha value is 0.350. The van der Waals surface area contributed by atoms with Crippen LogP contribution in [0.4, 0.5) is 22.0 Å². The molecule has 0 saturated heterocycles. The SMILES string of the molecule is CSSC(F)(F)C(F)(F)F. The summed E-state index contributed by atoms with van der Waals surface area (Å²) >= 11 is 0. The molecule has 0 aliphatic rings. The van der Waals surface area contributed by atoms with E-state index in [1.54, 1.807) is 0 Å². The molecule has 0 unspecified atom stereocenters. The Morgan fingerprint density at radius 2 is 1.40 bits per heavy atom. The van der Waals surface area contributed by atoms with E-state index in [4.69, 9.17) is 0 Å². The second-order valence-corrected chi connectivity index (χ2v) is 3.78. The Morgan fingerprint density at radius 3 is 1.50 bits per heavy atom. The maximum atomic E-state index is 11.7. The van der Waals surface area contributed by atoms with Crippen molar-refractivity contribution in [3.63, 3.8) is 0 Å². The van der Waals surface area contributed by atoms with Gasteiger partial charge in [0.05, 0.1) is 0 Å². The zero-order valence-corrected chi connectivity index (χ0v) is 6.34. The van der Waals surface area contributed by atoms with E-state index in [0.717, 1.165) is 6.26 Å². The molecule has 0 bridgehead atoms. The summed E-state index contributed by atoms with van der Waals surface area (Å²) in [6.07, 6.45) is -4.29. The Morgan fingerprint density at radius 1 is 1.00 bits per heavy atom. The van der Waals surface area contributed by atoms with Gasteiger partial charge in [0, 0.05) is 0 Å². The fourth-order valence-electron chi connectivity index (χ4n) is 0.152. The molecule has 0 heterocycles. The highest BCUT2D eigenvalue weighted by molar-refractivity contribution is 8.76. The highest BCUT2D eigenvalue weighted by Crippen LogP contribution is 2.48. The number of rotatable bonds is 2. The van der Waals surface area contributed by atoms with E-state index in [1.165, 1.54) is 0 Å². The molecule has 0 aliphatic heterocycles. The van der Waals surface area contributed by atoms with Crippen LogP contribution < -0.4 is 0 Å². The highest BCUT2D eigenvalue weighted by atomic mass is 33.1.